The van der Waals surface area contributed by atoms with E-state index in [0.717, 1.165) is 31.7 Å². The van der Waals surface area contributed by atoms with Crippen LogP contribution in [0.5, 0.6) is 0 Å². The Hall–Kier alpha value is -0.680. The van der Waals surface area contributed by atoms with Crippen LogP contribution in [0.2, 0.25) is 5.02 Å². The maximum Gasteiger partial charge on any atom is 0.142 e. The second-order valence-corrected chi connectivity index (χ2v) is 7.41. The molecule has 3 rings (SSSR count). The van der Waals surface area contributed by atoms with Crippen LogP contribution in [-0.2, 0) is 6.54 Å². The smallest absolute Gasteiger partial charge is 0.142 e. The highest BCUT2D eigenvalue weighted by molar-refractivity contribution is 6.30. The molecule has 2 aliphatic heterocycles. The monoisotopic (exact) mass is 340 g/mol. The summed E-state index contributed by atoms with van der Waals surface area (Å²) in [5.74, 6) is 0.483. The van der Waals surface area contributed by atoms with Crippen LogP contribution in [0.3, 0.4) is 0 Å². The first-order chi connectivity index (χ1) is 11.2. The normalized spacial score (nSPS) is 26.7. The Bertz CT molecular complexity index is 522. The van der Waals surface area contributed by atoms with Gasteiger partial charge in [0.25, 0.3) is 0 Å². The summed E-state index contributed by atoms with van der Waals surface area (Å²) in [6.07, 6.45) is 3.94. The van der Waals surface area contributed by atoms with Crippen molar-refractivity contribution >= 4 is 11.6 Å². The molecule has 1 N–H and O–H groups in total. The van der Waals surface area contributed by atoms with Crippen LogP contribution in [0, 0.1) is 17.7 Å². The first-order valence-electron chi connectivity index (χ1n) is 8.65. The van der Waals surface area contributed by atoms with Gasteiger partial charge in [-0.1, -0.05) is 24.1 Å². The number of aliphatic hydroxyl groups is 1. The van der Waals surface area contributed by atoms with Gasteiger partial charge in [-0.2, -0.15) is 0 Å². The van der Waals surface area contributed by atoms with Crippen LogP contribution in [0.25, 0.3) is 0 Å². The third-order valence-corrected chi connectivity index (χ3v) is 5.52. The highest BCUT2D eigenvalue weighted by Crippen LogP contribution is 2.27. The molecule has 1 aromatic carbocycles. The molecule has 0 radical (unpaired) electrons. The van der Waals surface area contributed by atoms with Crippen LogP contribution in [0.1, 0.15) is 24.8 Å². The number of nitrogens with zero attached hydrogens (tertiary/aromatic N) is 2. The van der Waals surface area contributed by atoms with Gasteiger partial charge in [0.1, 0.15) is 5.82 Å². The van der Waals surface area contributed by atoms with Crippen molar-refractivity contribution in [2.45, 2.75) is 25.8 Å². The highest BCUT2D eigenvalue weighted by Gasteiger charge is 2.33. The van der Waals surface area contributed by atoms with Gasteiger partial charge >= 0.3 is 0 Å². The lowest BCUT2D eigenvalue weighted by atomic mass is 9.95. The summed E-state index contributed by atoms with van der Waals surface area (Å²) >= 11 is 5.75. The molecule has 0 spiro atoms. The van der Waals surface area contributed by atoms with Crippen LogP contribution >= 0.6 is 11.6 Å². The minimum absolute atomic E-state index is 0.173. The lowest BCUT2D eigenvalue weighted by Crippen LogP contribution is -2.37. The van der Waals surface area contributed by atoms with E-state index in [1.807, 2.05) is 6.07 Å². The molecule has 23 heavy (non-hydrogen) atoms. The summed E-state index contributed by atoms with van der Waals surface area (Å²) in [6, 6.07) is 5.03. The van der Waals surface area contributed by atoms with Crippen LogP contribution in [-0.4, -0.2) is 54.2 Å². The summed E-state index contributed by atoms with van der Waals surface area (Å²) in [7, 11) is 0. The number of benzene rings is 1. The van der Waals surface area contributed by atoms with Gasteiger partial charge in [-0.25, -0.2) is 4.39 Å². The third-order valence-electron chi connectivity index (χ3n) is 5.22. The van der Waals surface area contributed by atoms with E-state index in [0.29, 0.717) is 11.8 Å². The largest absolute Gasteiger partial charge is 0.396 e. The Kier molecular flexibility index (Phi) is 5.91. The van der Waals surface area contributed by atoms with E-state index in [9.17, 15) is 9.50 Å². The number of hydrogen-bond donors (Lipinski definition) is 1. The van der Waals surface area contributed by atoms with Gasteiger partial charge in [0, 0.05) is 32.8 Å². The molecule has 2 heterocycles. The van der Waals surface area contributed by atoms with Crippen molar-refractivity contribution in [1.29, 1.82) is 0 Å². The zero-order chi connectivity index (χ0) is 16.2. The van der Waals surface area contributed by atoms with Gasteiger partial charge in [-0.05, 0) is 55.5 Å². The molecule has 5 heteroatoms. The van der Waals surface area contributed by atoms with Gasteiger partial charge in [0.05, 0.1) is 5.02 Å². The first kappa shape index (κ1) is 17.2. The van der Waals surface area contributed by atoms with E-state index < -0.39 is 0 Å². The zero-order valence-corrected chi connectivity index (χ0v) is 14.3. The molecular formula is C18H26ClFN2O. The minimum atomic E-state index is -0.355. The molecule has 3 nitrogen and oxygen atoms in total. The maximum absolute atomic E-state index is 13.6. The van der Waals surface area contributed by atoms with Crippen LogP contribution < -0.4 is 0 Å². The maximum atomic E-state index is 13.6. The van der Waals surface area contributed by atoms with Gasteiger partial charge < -0.3 is 10.0 Å². The topological polar surface area (TPSA) is 26.7 Å². The zero-order valence-electron chi connectivity index (χ0n) is 13.6. The molecule has 0 aromatic heterocycles. The molecule has 1 aromatic rings. The first-order valence-corrected chi connectivity index (χ1v) is 9.03. The van der Waals surface area contributed by atoms with E-state index >= 15 is 0 Å². The SMILES string of the molecule is OC[C@@H]1CN(Cc2ccc(Cl)c(F)c2)C[C@@H]1CN1CCCCC1. The average Bonchev–Trinajstić information content (AvgIpc) is 2.93. The Morgan fingerprint density at radius 1 is 1.09 bits per heavy atom. The molecule has 2 aliphatic rings. The Labute approximate surface area is 143 Å². The summed E-state index contributed by atoms with van der Waals surface area (Å²) in [6.45, 7) is 6.29. The van der Waals surface area contributed by atoms with Crippen molar-refractivity contribution in [2.24, 2.45) is 11.8 Å². The molecule has 0 amide bonds. The third kappa shape index (κ3) is 4.44. The number of rotatable bonds is 5. The lowest BCUT2D eigenvalue weighted by Gasteiger charge is -2.30. The fourth-order valence-corrected chi connectivity index (χ4v) is 4.07. The summed E-state index contributed by atoms with van der Waals surface area (Å²) < 4.78 is 13.6. The predicted molar refractivity (Wildman–Crippen MR) is 91.0 cm³/mol. The van der Waals surface area contributed by atoms with Crippen LogP contribution in [0.15, 0.2) is 18.2 Å². The molecule has 0 saturated carbocycles. The highest BCUT2D eigenvalue weighted by atomic mass is 35.5. The fraction of sp³-hybridized carbons (Fsp3) is 0.667. The van der Waals surface area contributed by atoms with Gasteiger partial charge in [0.2, 0.25) is 0 Å². The van der Waals surface area contributed by atoms with E-state index in [4.69, 9.17) is 11.6 Å². The fourth-order valence-electron chi connectivity index (χ4n) is 3.95. The van der Waals surface area contributed by atoms with E-state index in [1.165, 1.54) is 38.4 Å². The Morgan fingerprint density at radius 2 is 1.83 bits per heavy atom. The van der Waals surface area contributed by atoms with E-state index in [1.54, 1.807) is 6.07 Å². The van der Waals surface area contributed by atoms with Crippen molar-refractivity contribution in [2.75, 3.05) is 39.3 Å². The molecule has 0 aliphatic carbocycles. The molecular weight excluding hydrogens is 315 g/mol. The molecule has 0 unspecified atom stereocenters. The Balaban J connectivity index is 1.58. The van der Waals surface area contributed by atoms with Crippen molar-refractivity contribution in [3.8, 4) is 0 Å². The van der Waals surface area contributed by atoms with Crippen LogP contribution in [0.4, 0.5) is 4.39 Å². The van der Waals surface area contributed by atoms with Gasteiger partial charge in [-0.3, -0.25) is 4.90 Å². The van der Waals surface area contributed by atoms with E-state index in [2.05, 4.69) is 9.80 Å². The summed E-state index contributed by atoms with van der Waals surface area (Å²) in [4.78, 5) is 4.88. The lowest BCUT2D eigenvalue weighted by molar-refractivity contribution is 0.149. The van der Waals surface area contributed by atoms with Crippen molar-refractivity contribution < 1.29 is 9.50 Å². The second kappa shape index (κ2) is 7.93. The van der Waals surface area contributed by atoms with Gasteiger partial charge in [-0.15, -0.1) is 0 Å². The molecule has 0 bridgehead atoms. The van der Waals surface area contributed by atoms with Gasteiger partial charge in [0.15, 0.2) is 0 Å². The van der Waals surface area contributed by atoms with Crippen molar-refractivity contribution in [3.63, 3.8) is 0 Å². The summed E-state index contributed by atoms with van der Waals surface area (Å²) in [5.41, 5.74) is 0.946. The standard InChI is InChI=1S/C18H26ClFN2O/c19-17-5-4-14(8-18(17)20)9-22-11-15(16(12-22)13-23)10-21-6-2-1-3-7-21/h4-5,8,15-16,23H,1-3,6-7,9-13H2/t15-,16-/m0/s1. The summed E-state index contributed by atoms with van der Waals surface area (Å²) in [5, 5.41) is 9.88. The number of likely N-dealkylation sites (tertiary alicyclic amines) is 2. The Morgan fingerprint density at radius 3 is 2.52 bits per heavy atom. The number of halogens is 2. The number of piperidine rings is 1. The average molecular weight is 341 g/mol. The van der Waals surface area contributed by atoms with Crippen molar-refractivity contribution in [3.05, 3.63) is 34.6 Å². The number of hydrogen-bond acceptors (Lipinski definition) is 3. The van der Waals surface area contributed by atoms with Crippen molar-refractivity contribution in [1.82, 2.24) is 9.80 Å². The second-order valence-electron chi connectivity index (χ2n) is 7.01. The quantitative estimate of drug-likeness (QED) is 0.892. The predicted octanol–water partition coefficient (Wildman–Crippen LogP) is 3.01. The molecule has 2 saturated heterocycles. The molecule has 2 atom stereocenters. The van der Waals surface area contributed by atoms with E-state index in [-0.39, 0.29) is 17.4 Å². The molecule has 2 fully saturated rings. The minimum Gasteiger partial charge on any atom is -0.396 e. The molecule has 128 valence electrons. The number of aliphatic hydroxyl groups excluding tert-OH is 1.